The Bertz CT molecular complexity index is 875. The van der Waals surface area contributed by atoms with Crippen molar-refractivity contribution in [1.82, 2.24) is 9.88 Å². The monoisotopic (exact) mass is 378 g/mol. The number of morpholine rings is 1. The molecule has 0 bridgehead atoms. The van der Waals surface area contributed by atoms with Gasteiger partial charge in [0, 0.05) is 42.9 Å². The molecule has 0 aliphatic carbocycles. The summed E-state index contributed by atoms with van der Waals surface area (Å²) in [5.41, 5.74) is 2.58. The summed E-state index contributed by atoms with van der Waals surface area (Å²) in [5.74, 6) is 0.688. The van der Waals surface area contributed by atoms with Crippen molar-refractivity contribution in [2.45, 2.75) is 51.9 Å². The third-order valence-electron chi connectivity index (χ3n) is 6.16. The van der Waals surface area contributed by atoms with E-state index in [2.05, 4.69) is 53.8 Å². The number of nitriles is 1. The molecule has 0 N–H and O–H groups in total. The van der Waals surface area contributed by atoms with Crippen LogP contribution in [0.1, 0.15) is 39.2 Å². The first kappa shape index (κ1) is 19.2. The highest BCUT2D eigenvalue weighted by atomic mass is 16.5. The first-order chi connectivity index (χ1) is 13.6. The molecule has 2 aliphatic rings. The van der Waals surface area contributed by atoms with E-state index in [4.69, 9.17) is 4.74 Å². The van der Waals surface area contributed by atoms with Crippen LogP contribution >= 0.6 is 0 Å². The van der Waals surface area contributed by atoms with Gasteiger partial charge in [-0.15, -0.1) is 0 Å². The smallest absolute Gasteiger partial charge is 0.101 e. The van der Waals surface area contributed by atoms with Crippen LogP contribution in [-0.2, 0) is 4.74 Å². The van der Waals surface area contributed by atoms with Gasteiger partial charge in [0.05, 0.1) is 23.3 Å². The van der Waals surface area contributed by atoms with Gasteiger partial charge in [-0.3, -0.25) is 9.88 Å². The van der Waals surface area contributed by atoms with Crippen LogP contribution in [0.15, 0.2) is 30.5 Å². The molecule has 5 heteroatoms. The molecule has 4 rings (SSSR count). The van der Waals surface area contributed by atoms with Crippen LogP contribution in [-0.4, -0.2) is 54.3 Å². The van der Waals surface area contributed by atoms with E-state index in [0.717, 1.165) is 36.2 Å². The maximum Gasteiger partial charge on any atom is 0.101 e. The van der Waals surface area contributed by atoms with Crippen LogP contribution in [0.3, 0.4) is 0 Å². The van der Waals surface area contributed by atoms with Crippen LogP contribution in [0.25, 0.3) is 10.9 Å². The molecule has 5 nitrogen and oxygen atoms in total. The number of fused-ring (bicyclic) bond motifs is 1. The molecule has 3 atom stereocenters. The topological polar surface area (TPSA) is 52.4 Å². The second-order valence-corrected chi connectivity index (χ2v) is 8.57. The van der Waals surface area contributed by atoms with Crippen molar-refractivity contribution in [2.75, 3.05) is 31.1 Å². The number of nitrogens with zero attached hydrogens (tertiary/aromatic N) is 4. The lowest BCUT2D eigenvalue weighted by Crippen LogP contribution is -2.52. The molecule has 148 valence electrons. The number of hydrogen-bond donors (Lipinski definition) is 0. The molecule has 2 fully saturated rings. The van der Waals surface area contributed by atoms with Gasteiger partial charge < -0.3 is 9.64 Å². The highest BCUT2D eigenvalue weighted by molar-refractivity contribution is 5.95. The van der Waals surface area contributed by atoms with Gasteiger partial charge >= 0.3 is 0 Å². The van der Waals surface area contributed by atoms with Crippen molar-refractivity contribution in [1.29, 1.82) is 5.26 Å². The van der Waals surface area contributed by atoms with Crippen LogP contribution in [0.5, 0.6) is 0 Å². The first-order valence-corrected chi connectivity index (χ1v) is 10.5. The van der Waals surface area contributed by atoms with E-state index < -0.39 is 0 Å². The summed E-state index contributed by atoms with van der Waals surface area (Å²) in [4.78, 5) is 9.52. The van der Waals surface area contributed by atoms with E-state index in [0.29, 0.717) is 17.5 Å². The van der Waals surface area contributed by atoms with E-state index in [9.17, 15) is 5.26 Å². The molecule has 0 spiro atoms. The molecule has 3 heterocycles. The number of pyridine rings is 1. The molecule has 0 saturated carbocycles. The number of rotatable bonds is 4. The van der Waals surface area contributed by atoms with Crippen molar-refractivity contribution < 1.29 is 4.74 Å². The van der Waals surface area contributed by atoms with Crippen LogP contribution in [0.2, 0.25) is 0 Å². The second kappa shape index (κ2) is 8.06. The Morgan fingerprint density at radius 2 is 2.14 bits per heavy atom. The average Bonchev–Trinajstić information content (AvgIpc) is 3.15. The van der Waals surface area contributed by atoms with E-state index in [1.54, 1.807) is 6.20 Å². The van der Waals surface area contributed by atoms with Crippen molar-refractivity contribution in [3.05, 3.63) is 36.0 Å². The summed E-state index contributed by atoms with van der Waals surface area (Å²) in [6, 6.07) is 10.9. The predicted octanol–water partition coefficient (Wildman–Crippen LogP) is 3.82. The third kappa shape index (κ3) is 3.72. The number of anilines is 1. The van der Waals surface area contributed by atoms with E-state index in [1.807, 2.05) is 12.1 Å². The maximum absolute atomic E-state index is 9.42. The van der Waals surface area contributed by atoms with E-state index in [-0.39, 0.29) is 12.2 Å². The molecule has 1 unspecified atom stereocenters. The summed E-state index contributed by atoms with van der Waals surface area (Å²) in [5, 5.41) is 10.5. The number of hydrogen-bond acceptors (Lipinski definition) is 5. The summed E-state index contributed by atoms with van der Waals surface area (Å²) in [6.45, 7) is 10.7. The zero-order valence-electron chi connectivity index (χ0n) is 17.1. The van der Waals surface area contributed by atoms with Gasteiger partial charge in [-0.1, -0.05) is 13.8 Å². The number of benzene rings is 1. The Balaban J connectivity index is 1.58. The Morgan fingerprint density at radius 1 is 1.29 bits per heavy atom. The molecule has 1 aromatic heterocycles. The molecule has 2 saturated heterocycles. The third-order valence-corrected chi connectivity index (χ3v) is 6.16. The minimum Gasteiger partial charge on any atom is -0.370 e. The largest absolute Gasteiger partial charge is 0.370 e. The quantitative estimate of drug-likeness (QED) is 0.809. The lowest BCUT2D eigenvalue weighted by atomic mass is 10.0. The summed E-state index contributed by atoms with van der Waals surface area (Å²) in [7, 11) is 0. The fourth-order valence-electron chi connectivity index (χ4n) is 4.96. The molecule has 28 heavy (non-hydrogen) atoms. The molecule has 1 aromatic carbocycles. The maximum atomic E-state index is 9.42. The summed E-state index contributed by atoms with van der Waals surface area (Å²) >= 11 is 0. The number of ether oxygens (including phenoxy) is 1. The standard InChI is InChI=1S/C23H30N4O/c1-16(2)21-7-5-11-26(21)14-19-15-27(13-17(3)28-19)22-9-8-18(12-24)23-20(22)6-4-10-25-23/h4,6,8-10,16-17,19,21H,5,7,11,13-15H2,1-3H3/t17-,19+,21?/m1/s1. The molecule has 0 amide bonds. The Kier molecular flexibility index (Phi) is 5.52. The normalized spacial score (nSPS) is 26.1. The van der Waals surface area contributed by atoms with Crippen molar-refractivity contribution in [3.8, 4) is 6.07 Å². The van der Waals surface area contributed by atoms with E-state index >= 15 is 0 Å². The Labute approximate surface area is 167 Å². The van der Waals surface area contributed by atoms with Gasteiger partial charge in [0.15, 0.2) is 0 Å². The fraction of sp³-hybridized carbons (Fsp3) is 0.565. The van der Waals surface area contributed by atoms with Gasteiger partial charge in [-0.05, 0) is 56.5 Å². The van der Waals surface area contributed by atoms with Gasteiger partial charge in [-0.25, -0.2) is 0 Å². The van der Waals surface area contributed by atoms with Crippen LogP contribution < -0.4 is 4.90 Å². The van der Waals surface area contributed by atoms with Gasteiger partial charge in [0.25, 0.3) is 0 Å². The molecule has 0 radical (unpaired) electrons. The average molecular weight is 379 g/mol. The fourth-order valence-corrected chi connectivity index (χ4v) is 4.96. The summed E-state index contributed by atoms with van der Waals surface area (Å²) in [6.07, 6.45) is 4.74. The van der Waals surface area contributed by atoms with Crippen molar-refractivity contribution >= 4 is 16.6 Å². The number of likely N-dealkylation sites (tertiary alicyclic amines) is 1. The molecular weight excluding hydrogens is 348 g/mol. The summed E-state index contributed by atoms with van der Waals surface area (Å²) < 4.78 is 6.33. The lowest BCUT2D eigenvalue weighted by molar-refractivity contribution is -0.0359. The second-order valence-electron chi connectivity index (χ2n) is 8.57. The van der Waals surface area contributed by atoms with Gasteiger partial charge in [0.1, 0.15) is 6.07 Å². The zero-order valence-corrected chi connectivity index (χ0v) is 17.1. The molecular formula is C23H30N4O. The molecule has 2 aromatic rings. The lowest BCUT2D eigenvalue weighted by Gasteiger charge is -2.41. The first-order valence-electron chi connectivity index (χ1n) is 10.5. The van der Waals surface area contributed by atoms with Crippen molar-refractivity contribution in [3.63, 3.8) is 0 Å². The van der Waals surface area contributed by atoms with Crippen LogP contribution in [0.4, 0.5) is 5.69 Å². The SMILES string of the molecule is CC(C)C1CCCN1C[C@H]1CN(c2ccc(C#N)c3ncccc23)C[C@@H](C)O1. The predicted molar refractivity (Wildman–Crippen MR) is 112 cm³/mol. The number of aromatic nitrogens is 1. The van der Waals surface area contributed by atoms with Crippen LogP contribution in [0, 0.1) is 17.2 Å². The zero-order chi connectivity index (χ0) is 19.7. The van der Waals surface area contributed by atoms with Gasteiger partial charge in [0.2, 0.25) is 0 Å². The Morgan fingerprint density at radius 3 is 2.93 bits per heavy atom. The highest BCUT2D eigenvalue weighted by Gasteiger charge is 2.33. The van der Waals surface area contributed by atoms with Gasteiger partial charge in [-0.2, -0.15) is 5.26 Å². The molecule has 2 aliphatic heterocycles. The van der Waals surface area contributed by atoms with E-state index in [1.165, 1.54) is 19.4 Å². The minimum absolute atomic E-state index is 0.182. The minimum atomic E-state index is 0.182. The van der Waals surface area contributed by atoms with Crippen molar-refractivity contribution in [2.24, 2.45) is 5.92 Å². The Hall–Kier alpha value is -2.16. The highest BCUT2D eigenvalue weighted by Crippen LogP contribution is 2.31.